The van der Waals surface area contributed by atoms with Crippen molar-refractivity contribution in [2.75, 3.05) is 26.6 Å². The number of rotatable bonds is 11. The van der Waals surface area contributed by atoms with Crippen LogP contribution in [0.4, 0.5) is 0 Å². The lowest BCUT2D eigenvalue weighted by Crippen LogP contribution is -2.06. The van der Waals surface area contributed by atoms with Crippen molar-refractivity contribution in [1.82, 2.24) is 0 Å². The molecule has 0 fully saturated rings. The molecule has 0 atom stereocenters. The molecule has 2 rings (SSSR count). The van der Waals surface area contributed by atoms with Crippen molar-refractivity contribution in [2.45, 2.75) is 13.3 Å². The quantitative estimate of drug-likeness (QED) is 0.325. The van der Waals surface area contributed by atoms with Gasteiger partial charge in [-0.25, -0.2) is 4.79 Å². The molecule has 0 radical (unpaired) electrons. The largest absolute Gasteiger partial charge is 0.493 e. The molecule has 2 aromatic rings. The van der Waals surface area contributed by atoms with Crippen LogP contribution in [-0.2, 0) is 26.1 Å². The van der Waals surface area contributed by atoms with E-state index in [9.17, 15) is 13.2 Å². The van der Waals surface area contributed by atoms with Crippen LogP contribution < -0.4 is 13.7 Å². The minimum Gasteiger partial charge on any atom is -0.493 e. The SMILES string of the molecule is CCO/C(=C\c1ccc(OCCc2ccc(OS(C)(=O)=O)cc2)c(OC)c1)C(=O)O. The highest BCUT2D eigenvalue weighted by Crippen LogP contribution is 2.29. The van der Waals surface area contributed by atoms with E-state index in [4.69, 9.17) is 23.5 Å². The Hall–Kier alpha value is -3.20. The Morgan fingerprint density at radius 3 is 2.37 bits per heavy atom. The Kier molecular flexibility index (Phi) is 8.11. The first kappa shape index (κ1) is 23.1. The van der Waals surface area contributed by atoms with Gasteiger partial charge in [-0.05, 0) is 48.4 Å². The molecular weight excluding hydrogens is 412 g/mol. The van der Waals surface area contributed by atoms with Crippen molar-refractivity contribution in [2.24, 2.45) is 0 Å². The van der Waals surface area contributed by atoms with E-state index in [0.717, 1.165) is 11.8 Å². The highest BCUT2D eigenvalue weighted by molar-refractivity contribution is 7.86. The highest BCUT2D eigenvalue weighted by Gasteiger charge is 2.11. The predicted molar refractivity (Wildman–Crippen MR) is 111 cm³/mol. The van der Waals surface area contributed by atoms with Crippen LogP contribution in [0.3, 0.4) is 0 Å². The second-order valence-electron chi connectivity index (χ2n) is 6.19. The van der Waals surface area contributed by atoms with Gasteiger partial charge in [0, 0.05) is 6.42 Å². The Morgan fingerprint density at radius 2 is 1.80 bits per heavy atom. The lowest BCUT2D eigenvalue weighted by molar-refractivity contribution is -0.136. The molecule has 9 heteroatoms. The third-order valence-electron chi connectivity index (χ3n) is 3.82. The first-order chi connectivity index (χ1) is 14.2. The van der Waals surface area contributed by atoms with E-state index in [1.54, 1.807) is 49.4 Å². The molecule has 0 saturated carbocycles. The van der Waals surface area contributed by atoms with Crippen LogP contribution in [0.5, 0.6) is 17.2 Å². The molecule has 8 nitrogen and oxygen atoms in total. The van der Waals surface area contributed by atoms with Crippen LogP contribution in [0, 0.1) is 0 Å². The molecule has 0 aliphatic rings. The second kappa shape index (κ2) is 10.5. The first-order valence-corrected chi connectivity index (χ1v) is 10.9. The molecule has 2 aromatic carbocycles. The lowest BCUT2D eigenvalue weighted by atomic mass is 10.1. The smallest absolute Gasteiger partial charge is 0.371 e. The van der Waals surface area contributed by atoms with E-state index in [2.05, 4.69) is 0 Å². The third-order valence-corrected chi connectivity index (χ3v) is 4.31. The van der Waals surface area contributed by atoms with Crippen molar-refractivity contribution >= 4 is 22.2 Å². The molecule has 0 aliphatic heterocycles. The Balaban J connectivity index is 2.01. The van der Waals surface area contributed by atoms with Crippen molar-refractivity contribution in [1.29, 1.82) is 0 Å². The number of methoxy groups -OCH3 is 1. The van der Waals surface area contributed by atoms with E-state index in [1.165, 1.54) is 13.2 Å². The number of carbonyl (C=O) groups is 1. The summed E-state index contributed by atoms with van der Waals surface area (Å²) in [5.74, 6) is -0.0808. The van der Waals surface area contributed by atoms with Gasteiger partial charge >= 0.3 is 16.1 Å². The summed E-state index contributed by atoms with van der Waals surface area (Å²) >= 11 is 0. The standard InChI is InChI=1S/C21H24O8S/c1-4-27-20(21(22)23)14-16-7-10-18(19(13-16)26-2)28-12-11-15-5-8-17(9-6-15)29-30(3,24)25/h5-10,13-14H,4,11-12H2,1-3H3,(H,22,23)/b20-14-. The fourth-order valence-corrected chi connectivity index (χ4v) is 2.99. The topological polar surface area (TPSA) is 108 Å². The van der Waals surface area contributed by atoms with Crippen molar-refractivity contribution in [3.05, 3.63) is 59.4 Å². The number of hydrogen-bond donors (Lipinski definition) is 1. The number of aliphatic carboxylic acids is 1. The van der Waals surface area contributed by atoms with Gasteiger partial charge in [0.15, 0.2) is 11.5 Å². The van der Waals surface area contributed by atoms with E-state index < -0.39 is 16.1 Å². The molecule has 0 heterocycles. The highest BCUT2D eigenvalue weighted by atomic mass is 32.2. The van der Waals surface area contributed by atoms with Gasteiger partial charge in [0.25, 0.3) is 0 Å². The first-order valence-electron chi connectivity index (χ1n) is 9.09. The number of benzene rings is 2. The molecule has 0 bridgehead atoms. The summed E-state index contributed by atoms with van der Waals surface area (Å²) in [7, 11) is -2.06. The number of carboxylic acid groups (broad SMARTS) is 1. The van der Waals surface area contributed by atoms with Crippen LogP contribution in [-0.4, -0.2) is 46.1 Å². The van der Waals surface area contributed by atoms with Crippen molar-refractivity contribution in [3.63, 3.8) is 0 Å². The van der Waals surface area contributed by atoms with Gasteiger partial charge < -0.3 is 23.5 Å². The summed E-state index contributed by atoms with van der Waals surface area (Å²) in [4.78, 5) is 11.2. The number of ether oxygens (including phenoxy) is 3. The van der Waals surface area contributed by atoms with Crippen molar-refractivity contribution in [3.8, 4) is 17.2 Å². The van der Waals surface area contributed by atoms with Crippen LogP contribution in [0.2, 0.25) is 0 Å². The molecule has 0 aromatic heterocycles. The summed E-state index contributed by atoms with van der Waals surface area (Å²) in [6.07, 6.45) is 2.98. The van der Waals surface area contributed by atoms with Crippen LogP contribution in [0.25, 0.3) is 6.08 Å². The molecule has 0 spiro atoms. The molecule has 1 N–H and O–H groups in total. The molecular formula is C21H24O8S. The van der Waals surface area contributed by atoms with Crippen LogP contribution in [0.1, 0.15) is 18.1 Å². The molecule has 0 unspecified atom stereocenters. The fraction of sp³-hybridized carbons (Fsp3) is 0.286. The zero-order valence-electron chi connectivity index (χ0n) is 17.0. The van der Waals surface area contributed by atoms with Crippen LogP contribution >= 0.6 is 0 Å². The van der Waals surface area contributed by atoms with Crippen molar-refractivity contribution < 1.29 is 36.7 Å². The van der Waals surface area contributed by atoms with Gasteiger partial charge in [-0.2, -0.15) is 8.42 Å². The van der Waals surface area contributed by atoms with E-state index >= 15 is 0 Å². The second-order valence-corrected chi connectivity index (χ2v) is 7.76. The zero-order valence-corrected chi connectivity index (χ0v) is 17.8. The number of carboxylic acids is 1. The summed E-state index contributed by atoms with van der Waals surface area (Å²) in [6.45, 7) is 2.32. The summed E-state index contributed by atoms with van der Waals surface area (Å²) < 4.78 is 43.3. The van der Waals surface area contributed by atoms with E-state index in [0.29, 0.717) is 30.1 Å². The zero-order chi connectivity index (χ0) is 22.1. The van der Waals surface area contributed by atoms with Gasteiger partial charge in [-0.1, -0.05) is 18.2 Å². The minimum atomic E-state index is -3.55. The average Bonchev–Trinajstić information content (AvgIpc) is 2.68. The molecule has 0 aliphatic carbocycles. The molecule has 0 saturated heterocycles. The fourth-order valence-electron chi connectivity index (χ4n) is 2.53. The predicted octanol–water partition coefficient (Wildman–Crippen LogP) is 3.12. The summed E-state index contributed by atoms with van der Waals surface area (Å²) in [5.41, 5.74) is 1.55. The van der Waals surface area contributed by atoms with Gasteiger partial charge in [0.2, 0.25) is 5.76 Å². The van der Waals surface area contributed by atoms with Gasteiger partial charge in [-0.3, -0.25) is 0 Å². The number of hydrogen-bond acceptors (Lipinski definition) is 7. The van der Waals surface area contributed by atoms with Gasteiger partial charge in [-0.15, -0.1) is 0 Å². The monoisotopic (exact) mass is 436 g/mol. The Labute approximate surface area is 175 Å². The third kappa shape index (κ3) is 7.32. The maximum atomic E-state index is 11.2. The van der Waals surface area contributed by atoms with Gasteiger partial charge in [0.05, 0.1) is 26.6 Å². The maximum Gasteiger partial charge on any atom is 0.371 e. The average molecular weight is 436 g/mol. The van der Waals surface area contributed by atoms with E-state index in [-0.39, 0.29) is 18.1 Å². The minimum absolute atomic E-state index is 0.156. The lowest BCUT2D eigenvalue weighted by Gasteiger charge is -2.12. The van der Waals surface area contributed by atoms with Gasteiger partial charge in [0.1, 0.15) is 5.75 Å². The Morgan fingerprint density at radius 1 is 1.10 bits per heavy atom. The molecule has 162 valence electrons. The maximum absolute atomic E-state index is 11.2. The van der Waals surface area contributed by atoms with E-state index in [1.807, 2.05) is 0 Å². The molecule has 0 amide bonds. The Bertz CT molecular complexity index is 994. The van der Waals surface area contributed by atoms with Crippen LogP contribution in [0.15, 0.2) is 48.2 Å². The summed E-state index contributed by atoms with van der Waals surface area (Å²) in [6, 6.07) is 11.7. The normalized spacial score (nSPS) is 11.6. The summed E-state index contributed by atoms with van der Waals surface area (Å²) in [5, 5.41) is 9.16. The molecule has 30 heavy (non-hydrogen) atoms.